The Kier molecular flexibility index (Phi) is 7.32. The number of benzene rings is 1. The number of ether oxygens (including phenoxy) is 1. The van der Waals surface area contributed by atoms with Crippen molar-refractivity contribution < 1.29 is 14.9 Å². The molecule has 29 heavy (non-hydrogen) atoms. The second-order valence-corrected chi connectivity index (χ2v) is 7.70. The van der Waals surface area contributed by atoms with Gasteiger partial charge in [0.15, 0.2) is 5.82 Å². The lowest BCUT2D eigenvalue weighted by Crippen LogP contribution is -2.45. The van der Waals surface area contributed by atoms with E-state index in [1.165, 1.54) is 18.1 Å². The van der Waals surface area contributed by atoms with Crippen LogP contribution in [-0.4, -0.2) is 62.6 Å². The highest BCUT2D eigenvalue weighted by Gasteiger charge is 2.26. The monoisotopic (exact) mass is 417 g/mol. The molecule has 8 nitrogen and oxygen atoms in total. The van der Waals surface area contributed by atoms with Gasteiger partial charge >= 0.3 is 0 Å². The molecule has 3 aromatic rings. The molecule has 0 aliphatic rings. The van der Waals surface area contributed by atoms with Crippen LogP contribution in [0, 0.1) is 0 Å². The fourth-order valence-electron chi connectivity index (χ4n) is 3.30. The van der Waals surface area contributed by atoms with E-state index in [2.05, 4.69) is 9.97 Å². The van der Waals surface area contributed by atoms with Crippen LogP contribution in [0.5, 0.6) is 0 Å². The van der Waals surface area contributed by atoms with Gasteiger partial charge < -0.3 is 30.2 Å². The molecule has 1 aromatic carbocycles. The van der Waals surface area contributed by atoms with Crippen LogP contribution < -0.4 is 10.6 Å². The van der Waals surface area contributed by atoms with Crippen molar-refractivity contribution in [3.05, 3.63) is 48.4 Å². The number of hydrogen-bond acceptors (Lipinski definition) is 8. The zero-order valence-electron chi connectivity index (χ0n) is 16.6. The van der Waals surface area contributed by atoms with E-state index in [4.69, 9.17) is 10.5 Å². The number of aromatic nitrogens is 3. The van der Waals surface area contributed by atoms with E-state index < -0.39 is 12.1 Å². The number of rotatable bonds is 10. The van der Waals surface area contributed by atoms with Gasteiger partial charge in [0, 0.05) is 19.0 Å². The summed E-state index contributed by atoms with van der Waals surface area (Å²) in [6, 6.07) is 9.44. The van der Waals surface area contributed by atoms with E-state index in [1.54, 1.807) is 0 Å². The highest BCUT2D eigenvalue weighted by Crippen LogP contribution is 2.31. The predicted octanol–water partition coefficient (Wildman–Crippen LogP) is 1.71. The van der Waals surface area contributed by atoms with Crippen LogP contribution in [-0.2, 0) is 18.1 Å². The smallest absolute Gasteiger partial charge is 0.151 e. The molecule has 9 heteroatoms. The third-order valence-electron chi connectivity index (χ3n) is 4.85. The van der Waals surface area contributed by atoms with Crippen LogP contribution in [0.1, 0.15) is 5.56 Å². The van der Waals surface area contributed by atoms with Gasteiger partial charge in [-0.15, -0.1) is 0 Å². The van der Waals surface area contributed by atoms with Crippen molar-refractivity contribution in [1.82, 2.24) is 14.5 Å². The molecule has 0 saturated heterocycles. The number of nitrogens with two attached hydrogens (primary N) is 1. The molecule has 156 valence electrons. The third-order valence-corrected chi connectivity index (χ3v) is 5.52. The molecule has 3 rings (SSSR count). The molecule has 0 spiro atoms. The average Bonchev–Trinajstić information content (AvgIpc) is 3.09. The second kappa shape index (κ2) is 9.93. The lowest BCUT2D eigenvalue weighted by atomic mass is 10.1. The van der Waals surface area contributed by atoms with Crippen molar-refractivity contribution in [3.63, 3.8) is 0 Å². The summed E-state index contributed by atoms with van der Waals surface area (Å²) < 4.78 is 7.72. The first kappa shape index (κ1) is 21.4. The number of aliphatic hydroxyl groups is 2. The SMILES string of the molecule is CSC[C@H](O)[C@H](CO)N(C)c1cn(COCc2ccccc2)c2c(N)ncnc12. The largest absolute Gasteiger partial charge is 0.394 e. The summed E-state index contributed by atoms with van der Waals surface area (Å²) in [5, 5.41) is 20.3. The molecular weight excluding hydrogens is 390 g/mol. The van der Waals surface area contributed by atoms with Gasteiger partial charge in [0.1, 0.15) is 24.1 Å². The lowest BCUT2D eigenvalue weighted by molar-refractivity contribution is 0.0668. The standard InChI is InChI=1S/C20H27N5O3S/c1-24(16(9-26)17(27)11-29-2)15-8-25(19-18(15)22-12-23-20(19)21)13-28-10-14-6-4-3-5-7-14/h3-8,12,16-17,26-27H,9-11,13H2,1-2H3,(H2,21,22,23)/t16-,17-/m0/s1. The van der Waals surface area contributed by atoms with E-state index in [-0.39, 0.29) is 13.3 Å². The number of nitrogen functional groups attached to an aromatic ring is 1. The van der Waals surface area contributed by atoms with Gasteiger partial charge in [-0.1, -0.05) is 30.3 Å². The van der Waals surface area contributed by atoms with E-state index in [0.29, 0.717) is 29.2 Å². The quantitative estimate of drug-likeness (QED) is 0.457. The van der Waals surface area contributed by atoms with Gasteiger partial charge in [-0.2, -0.15) is 11.8 Å². The van der Waals surface area contributed by atoms with E-state index in [1.807, 2.05) is 59.3 Å². The van der Waals surface area contributed by atoms with Crippen molar-refractivity contribution in [3.8, 4) is 0 Å². The Hall–Kier alpha value is -2.33. The number of thioether (sulfide) groups is 1. The minimum atomic E-state index is -0.688. The minimum Gasteiger partial charge on any atom is -0.394 e. The summed E-state index contributed by atoms with van der Waals surface area (Å²) in [6.45, 7) is 0.551. The van der Waals surface area contributed by atoms with Gasteiger partial charge in [-0.3, -0.25) is 0 Å². The van der Waals surface area contributed by atoms with Crippen molar-refractivity contribution in [2.24, 2.45) is 0 Å². The van der Waals surface area contributed by atoms with Crippen LogP contribution in [0.2, 0.25) is 0 Å². The van der Waals surface area contributed by atoms with Gasteiger partial charge in [0.2, 0.25) is 0 Å². The number of aliphatic hydroxyl groups excluding tert-OH is 2. The van der Waals surface area contributed by atoms with Crippen LogP contribution in [0.3, 0.4) is 0 Å². The molecule has 0 amide bonds. The van der Waals surface area contributed by atoms with Crippen molar-refractivity contribution in [1.29, 1.82) is 0 Å². The maximum absolute atomic E-state index is 10.4. The Bertz CT molecular complexity index is 921. The second-order valence-electron chi connectivity index (χ2n) is 6.79. The number of fused-ring (bicyclic) bond motifs is 1. The summed E-state index contributed by atoms with van der Waals surface area (Å²) in [7, 11) is 1.83. The van der Waals surface area contributed by atoms with Gasteiger partial charge in [0.05, 0.1) is 31.0 Å². The number of anilines is 2. The summed E-state index contributed by atoms with van der Waals surface area (Å²) in [6.07, 6.45) is 4.51. The first-order valence-electron chi connectivity index (χ1n) is 9.28. The van der Waals surface area contributed by atoms with Crippen molar-refractivity contribution in [2.45, 2.75) is 25.5 Å². The summed E-state index contributed by atoms with van der Waals surface area (Å²) in [4.78, 5) is 10.3. The Labute approximate surface area is 174 Å². The molecule has 0 aliphatic carbocycles. The molecule has 0 fully saturated rings. The first-order valence-corrected chi connectivity index (χ1v) is 10.7. The summed E-state index contributed by atoms with van der Waals surface area (Å²) in [5.74, 6) is 0.870. The molecule has 0 bridgehead atoms. The number of likely N-dealkylation sites (N-methyl/N-ethyl adjacent to an activating group) is 1. The van der Waals surface area contributed by atoms with E-state index >= 15 is 0 Å². The molecule has 0 radical (unpaired) electrons. The van der Waals surface area contributed by atoms with Gasteiger partial charge in [-0.25, -0.2) is 9.97 Å². The number of hydrogen-bond donors (Lipinski definition) is 3. The molecule has 4 N–H and O–H groups in total. The molecule has 0 saturated carbocycles. The van der Waals surface area contributed by atoms with Gasteiger partial charge in [0.25, 0.3) is 0 Å². The minimum absolute atomic E-state index is 0.185. The summed E-state index contributed by atoms with van der Waals surface area (Å²) in [5.41, 5.74) is 9.26. The van der Waals surface area contributed by atoms with E-state index in [0.717, 1.165) is 11.3 Å². The normalized spacial score (nSPS) is 13.5. The topological polar surface area (TPSA) is 110 Å². The molecule has 2 aromatic heterocycles. The fraction of sp³-hybridized carbons (Fsp3) is 0.400. The van der Waals surface area contributed by atoms with Crippen LogP contribution in [0.4, 0.5) is 11.5 Å². The Balaban J connectivity index is 1.87. The van der Waals surface area contributed by atoms with E-state index in [9.17, 15) is 10.2 Å². The van der Waals surface area contributed by atoms with Crippen LogP contribution >= 0.6 is 11.8 Å². The molecular formula is C20H27N5O3S. The first-order chi connectivity index (χ1) is 14.1. The molecule has 0 aliphatic heterocycles. The highest BCUT2D eigenvalue weighted by atomic mass is 32.2. The fourth-order valence-corrected chi connectivity index (χ4v) is 3.86. The van der Waals surface area contributed by atoms with Crippen molar-refractivity contribution >= 4 is 34.3 Å². The zero-order valence-corrected chi connectivity index (χ0v) is 17.4. The maximum atomic E-state index is 10.4. The van der Waals surface area contributed by atoms with Gasteiger partial charge in [-0.05, 0) is 11.8 Å². The van der Waals surface area contributed by atoms with Crippen molar-refractivity contribution in [2.75, 3.05) is 36.3 Å². The van der Waals surface area contributed by atoms with Crippen LogP contribution in [0.15, 0.2) is 42.9 Å². The lowest BCUT2D eigenvalue weighted by Gasteiger charge is -2.31. The third kappa shape index (κ3) is 4.81. The van der Waals surface area contributed by atoms with Crippen LogP contribution in [0.25, 0.3) is 11.0 Å². The molecule has 2 heterocycles. The Morgan fingerprint density at radius 1 is 1.28 bits per heavy atom. The Morgan fingerprint density at radius 2 is 2.03 bits per heavy atom. The predicted molar refractivity (Wildman–Crippen MR) is 117 cm³/mol. The Morgan fingerprint density at radius 3 is 2.72 bits per heavy atom. The summed E-state index contributed by atoms with van der Waals surface area (Å²) >= 11 is 1.53. The highest BCUT2D eigenvalue weighted by molar-refractivity contribution is 7.98. The molecule has 2 atom stereocenters. The maximum Gasteiger partial charge on any atom is 0.151 e. The molecule has 0 unspecified atom stereocenters. The number of nitrogens with zero attached hydrogens (tertiary/aromatic N) is 4. The zero-order chi connectivity index (χ0) is 20.8. The average molecular weight is 418 g/mol.